The van der Waals surface area contributed by atoms with Gasteiger partial charge in [0.2, 0.25) is 0 Å². The molecule has 2 saturated heterocycles. The van der Waals surface area contributed by atoms with Crippen molar-refractivity contribution in [2.24, 2.45) is 16.9 Å². The first kappa shape index (κ1) is 15.3. The maximum absolute atomic E-state index is 10.2. The van der Waals surface area contributed by atoms with Gasteiger partial charge in [0, 0.05) is 17.7 Å². The number of fused-ring (bicyclic) bond motifs is 1. The fourth-order valence-corrected chi connectivity index (χ4v) is 4.31. The van der Waals surface area contributed by atoms with E-state index in [0.29, 0.717) is 18.0 Å². The first-order valence-corrected chi connectivity index (χ1v) is 8.70. The molecular formula is C16H30N4O. The average Bonchev–Trinajstić information content (AvgIpc) is 2.53. The Kier molecular flexibility index (Phi) is 5.14. The molecule has 0 aromatic heterocycles. The van der Waals surface area contributed by atoms with E-state index in [1.54, 1.807) is 0 Å². The summed E-state index contributed by atoms with van der Waals surface area (Å²) in [6.07, 6.45) is 8.33. The minimum absolute atomic E-state index is 0.174. The van der Waals surface area contributed by atoms with Crippen LogP contribution in [-0.2, 0) is 0 Å². The van der Waals surface area contributed by atoms with Gasteiger partial charge in [0.25, 0.3) is 0 Å². The molecule has 0 spiro atoms. The summed E-state index contributed by atoms with van der Waals surface area (Å²) in [5, 5.41) is 21.9. The lowest BCUT2D eigenvalue weighted by Gasteiger charge is -2.44. The largest absolute Gasteiger partial charge is 0.391 e. The zero-order valence-corrected chi connectivity index (χ0v) is 13.1. The fraction of sp³-hybridized carbons (Fsp3) is 0.938. The van der Waals surface area contributed by atoms with Crippen LogP contribution in [-0.4, -0.2) is 42.2 Å². The van der Waals surface area contributed by atoms with Crippen molar-refractivity contribution in [3.8, 4) is 0 Å². The molecule has 0 radical (unpaired) electrons. The van der Waals surface area contributed by atoms with Crippen molar-refractivity contribution in [2.45, 2.75) is 70.2 Å². The van der Waals surface area contributed by atoms with E-state index in [9.17, 15) is 5.11 Å². The summed E-state index contributed by atoms with van der Waals surface area (Å²) in [5.41, 5.74) is 4.54. The van der Waals surface area contributed by atoms with Crippen LogP contribution in [0.1, 0.15) is 51.9 Å². The number of hydrogen-bond acceptors (Lipinski definition) is 5. The highest BCUT2D eigenvalue weighted by Crippen LogP contribution is 2.35. The van der Waals surface area contributed by atoms with Gasteiger partial charge >= 0.3 is 0 Å². The van der Waals surface area contributed by atoms with E-state index in [0.717, 1.165) is 38.8 Å². The number of aliphatic hydroxyl groups is 1. The first-order chi connectivity index (χ1) is 10.3. The number of hydrazone groups is 1. The lowest BCUT2D eigenvalue weighted by Crippen LogP contribution is -2.55. The van der Waals surface area contributed by atoms with Gasteiger partial charge in [-0.25, -0.2) is 0 Å². The van der Waals surface area contributed by atoms with E-state index in [-0.39, 0.29) is 12.1 Å². The van der Waals surface area contributed by atoms with Crippen LogP contribution in [0.4, 0.5) is 0 Å². The Morgan fingerprint density at radius 1 is 1.05 bits per heavy atom. The second-order valence-electron chi connectivity index (χ2n) is 6.92. The van der Waals surface area contributed by atoms with Crippen LogP contribution in [0, 0.1) is 11.8 Å². The highest BCUT2D eigenvalue weighted by molar-refractivity contribution is 5.84. The monoisotopic (exact) mass is 294 g/mol. The molecule has 3 fully saturated rings. The third kappa shape index (κ3) is 3.58. The average molecular weight is 294 g/mol. The molecule has 0 amide bonds. The third-order valence-corrected chi connectivity index (χ3v) is 5.51. The Morgan fingerprint density at radius 2 is 1.95 bits per heavy atom. The number of piperidine rings is 2. The van der Waals surface area contributed by atoms with Crippen LogP contribution in [0.15, 0.2) is 5.10 Å². The predicted octanol–water partition coefficient (Wildman–Crippen LogP) is 1.19. The molecule has 5 atom stereocenters. The van der Waals surface area contributed by atoms with Crippen molar-refractivity contribution in [1.82, 2.24) is 16.1 Å². The van der Waals surface area contributed by atoms with E-state index in [2.05, 4.69) is 28.1 Å². The summed E-state index contributed by atoms with van der Waals surface area (Å²) < 4.78 is 0. The van der Waals surface area contributed by atoms with Crippen LogP contribution in [0.3, 0.4) is 0 Å². The molecule has 1 saturated carbocycles. The molecule has 4 N–H and O–H groups in total. The molecule has 120 valence electrons. The van der Waals surface area contributed by atoms with Gasteiger partial charge in [-0.05, 0) is 64.5 Å². The summed E-state index contributed by atoms with van der Waals surface area (Å²) in [5.74, 6) is 1.06. The number of rotatable bonds is 3. The van der Waals surface area contributed by atoms with E-state index in [1.807, 2.05) is 0 Å². The van der Waals surface area contributed by atoms with Gasteiger partial charge in [0.05, 0.1) is 12.3 Å². The highest BCUT2D eigenvalue weighted by atomic mass is 16.3. The highest BCUT2D eigenvalue weighted by Gasteiger charge is 2.40. The minimum atomic E-state index is -0.174. The van der Waals surface area contributed by atoms with E-state index >= 15 is 0 Å². The number of nitrogens with zero attached hydrogens (tertiary/aromatic N) is 1. The van der Waals surface area contributed by atoms with Crippen molar-refractivity contribution < 1.29 is 5.11 Å². The topological polar surface area (TPSA) is 68.7 Å². The minimum Gasteiger partial charge on any atom is -0.391 e. The summed E-state index contributed by atoms with van der Waals surface area (Å²) in [7, 11) is 0. The van der Waals surface area contributed by atoms with Gasteiger partial charge in [-0.2, -0.15) is 5.10 Å². The maximum atomic E-state index is 10.2. The molecule has 5 nitrogen and oxygen atoms in total. The van der Waals surface area contributed by atoms with Gasteiger partial charge in [0.1, 0.15) is 0 Å². The molecule has 0 bridgehead atoms. The molecule has 3 aliphatic rings. The van der Waals surface area contributed by atoms with E-state index in [1.165, 1.54) is 25.0 Å². The molecule has 1 aliphatic carbocycles. The fourth-order valence-electron chi connectivity index (χ4n) is 4.31. The molecule has 21 heavy (non-hydrogen) atoms. The van der Waals surface area contributed by atoms with Crippen LogP contribution in [0.5, 0.6) is 0 Å². The van der Waals surface area contributed by atoms with E-state index < -0.39 is 0 Å². The zero-order valence-electron chi connectivity index (χ0n) is 13.1. The molecule has 2 heterocycles. The van der Waals surface area contributed by atoms with Gasteiger partial charge in [0.15, 0.2) is 0 Å². The predicted molar refractivity (Wildman–Crippen MR) is 85.1 cm³/mol. The van der Waals surface area contributed by atoms with Crippen molar-refractivity contribution in [3.63, 3.8) is 0 Å². The van der Waals surface area contributed by atoms with Crippen LogP contribution in [0.2, 0.25) is 0 Å². The number of aliphatic hydroxyl groups excluding tert-OH is 1. The third-order valence-electron chi connectivity index (χ3n) is 5.51. The van der Waals surface area contributed by atoms with Gasteiger partial charge in [-0.3, -0.25) is 10.7 Å². The number of hydrogen-bond donors (Lipinski definition) is 4. The summed E-state index contributed by atoms with van der Waals surface area (Å²) in [4.78, 5) is 0. The Hall–Kier alpha value is -0.650. The second kappa shape index (κ2) is 7.07. The SMILES string of the molecule is C/C(=N\NC1CCCCN1)C1CCNC2C(O)CCCC12. The lowest BCUT2D eigenvalue weighted by molar-refractivity contribution is 0.0306. The van der Waals surface area contributed by atoms with Gasteiger partial charge in [-0.15, -0.1) is 0 Å². The summed E-state index contributed by atoms with van der Waals surface area (Å²) in [6, 6.07) is 0.274. The Labute approximate surface area is 128 Å². The molecule has 0 aromatic carbocycles. The van der Waals surface area contributed by atoms with Crippen molar-refractivity contribution in [2.75, 3.05) is 13.1 Å². The maximum Gasteiger partial charge on any atom is 0.0933 e. The number of nitrogens with one attached hydrogen (secondary N) is 3. The van der Waals surface area contributed by atoms with Crippen molar-refractivity contribution in [3.05, 3.63) is 0 Å². The lowest BCUT2D eigenvalue weighted by atomic mass is 9.70. The summed E-state index contributed by atoms with van der Waals surface area (Å²) in [6.45, 7) is 4.25. The van der Waals surface area contributed by atoms with Gasteiger partial charge < -0.3 is 10.4 Å². The summed E-state index contributed by atoms with van der Waals surface area (Å²) >= 11 is 0. The van der Waals surface area contributed by atoms with Crippen molar-refractivity contribution in [1.29, 1.82) is 0 Å². The van der Waals surface area contributed by atoms with Crippen LogP contribution >= 0.6 is 0 Å². The smallest absolute Gasteiger partial charge is 0.0933 e. The second-order valence-corrected chi connectivity index (χ2v) is 6.92. The molecule has 3 rings (SSSR count). The first-order valence-electron chi connectivity index (χ1n) is 8.70. The van der Waals surface area contributed by atoms with E-state index in [4.69, 9.17) is 0 Å². The van der Waals surface area contributed by atoms with Crippen molar-refractivity contribution >= 4 is 5.71 Å². The van der Waals surface area contributed by atoms with Gasteiger partial charge in [-0.1, -0.05) is 6.42 Å². The van der Waals surface area contributed by atoms with Crippen LogP contribution < -0.4 is 16.1 Å². The normalized spacial score (nSPS) is 41.4. The Balaban J connectivity index is 1.60. The molecule has 5 heteroatoms. The molecular weight excluding hydrogens is 264 g/mol. The Bertz CT molecular complexity index is 367. The quantitative estimate of drug-likeness (QED) is 0.466. The molecule has 2 aliphatic heterocycles. The van der Waals surface area contributed by atoms with Crippen LogP contribution in [0.25, 0.3) is 0 Å². The molecule has 0 aromatic rings. The zero-order chi connectivity index (χ0) is 14.7. The molecule has 5 unspecified atom stereocenters. The standard InChI is InChI=1S/C16H30N4O/c1-11(19-20-15-7-2-3-9-17-15)12-8-10-18-16-13(12)5-4-6-14(16)21/h12-18,20-21H,2-10H2,1H3/b19-11+. The Morgan fingerprint density at radius 3 is 2.76 bits per heavy atom.